The molecule has 2 aromatic rings. The highest BCUT2D eigenvalue weighted by Gasteiger charge is 2.21. The van der Waals surface area contributed by atoms with Gasteiger partial charge in [-0.1, -0.05) is 12.1 Å². The number of nitrogens with two attached hydrogens (primary N) is 1. The molecule has 2 rings (SSSR count). The largest absolute Gasteiger partial charge is 0.271 e. The van der Waals surface area contributed by atoms with Crippen LogP contribution < -0.4 is 11.3 Å². The quantitative estimate of drug-likeness (QED) is 0.516. The molecule has 21 heavy (non-hydrogen) atoms. The molecule has 0 bridgehead atoms. The Balaban J connectivity index is 2.36. The van der Waals surface area contributed by atoms with Gasteiger partial charge in [0.1, 0.15) is 11.6 Å². The summed E-state index contributed by atoms with van der Waals surface area (Å²) in [6.45, 7) is 1.50. The van der Waals surface area contributed by atoms with Crippen LogP contribution in [0.4, 0.5) is 17.6 Å². The Bertz CT molecular complexity index is 658. The number of rotatable bonds is 4. The zero-order valence-electron chi connectivity index (χ0n) is 11.3. The highest BCUT2D eigenvalue weighted by Crippen LogP contribution is 2.26. The van der Waals surface area contributed by atoms with Crippen molar-refractivity contribution in [1.82, 2.24) is 5.43 Å². The van der Waals surface area contributed by atoms with Crippen molar-refractivity contribution in [1.29, 1.82) is 0 Å². The lowest BCUT2D eigenvalue weighted by Crippen LogP contribution is -2.31. The number of hydrogen-bond acceptors (Lipinski definition) is 2. The summed E-state index contributed by atoms with van der Waals surface area (Å²) < 4.78 is 54.0. The molecule has 0 amide bonds. The third kappa shape index (κ3) is 3.22. The molecule has 2 nitrogen and oxygen atoms in total. The van der Waals surface area contributed by atoms with Gasteiger partial charge in [-0.3, -0.25) is 11.3 Å². The van der Waals surface area contributed by atoms with Crippen LogP contribution in [0.15, 0.2) is 30.3 Å². The maximum Gasteiger partial charge on any atom is 0.159 e. The molecule has 112 valence electrons. The van der Waals surface area contributed by atoms with Crippen molar-refractivity contribution in [2.45, 2.75) is 19.4 Å². The topological polar surface area (TPSA) is 38.0 Å². The third-order valence-corrected chi connectivity index (χ3v) is 3.29. The lowest BCUT2D eigenvalue weighted by atomic mass is 9.96. The molecular formula is C15H14F4N2. The first-order valence-corrected chi connectivity index (χ1v) is 6.28. The summed E-state index contributed by atoms with van der Waals surface area (Å²) in [6.07, 6.45) is 0.0188. The molecular weight excluding hydrogens is 284 g/mol. The van der Waals surface area contributed by atoms with Gasteiger partial charge in [0.15, 0.2) is 11.6 Å². The molecule has 0 aliphatic rings. The molecule has 0 aromatic heterocycles. The molecule has 0 heterocycles. The number of benzene rings is 2. The van der Waals surface area contributed by atoms with Gasteiger partial charge >= 0.3 is 0 Å². The number of aryl methyl sites for hydroxylation is 1. The Morgan fingerprint density at radius 3 is 2.29 bits per heavy atom. The van der Waals surface area contributed by atoms with Crippen molar-refractivity contribution in [2.75, 3.05) is 0 Å². The molecule has 0 saturated carbocycles. The first-order chi connectivity index (χ1) is 9.93. The van der Waals surface area contributed by atoms with Gasteiger partial charge in [-0.2, -0.15) is 0 Å². The second-order valence-corrected chi connectivity index (χ2v) is 4.76. The minimum absolute atomic E-state index is 0.0188. The van der Waals surface area contributed by atoms with Crippen molar-refractivity contribution in [3.8, 4) is 0 Å². The molecule has 0 spiro atoms. The predicted molar refractivity (Wildman–Crippen MR) is 71.2 cm³/mol. The predicted octanol–water partition coefficient (Wildman–Crippen LogP) is 3.30. The van der Waals surface area contributed by atoms with E-state index in [1.807, 2.05) is 0 Å². The molecule has 0 saturated heterocycles. The van der Waals surface area contributed by atoms with E-state index >= 15 is 0 Å². The second kappa shape index (κ2) is 6.24. The molecule has 2 aromatic carbocycles. The van der Waals surface area contributed by atoms with Gasteiger partial charge < -0.3 is 0 Å². The van der Waals surface area contributed by atoms with Crippen molar-refractivity contribution in [3.63, 3.8) is 0 Å². The number of nitrogens with one attached hydrogen (secondary N) is 1. The Labute approximate surface area is 119 Å². The van der Waals surface area contributed by atoms with E-state index in [0.29, 0.717) is 5.56 Å². The molecule has 0 fully saturated rings. The van der Waals surface area contributed by atoms with Crippen LogP contribution in [0.25, 0.3) is 0 Å². The lowest BCUT2D eigenvalue weighted by Gasteiger charge is -2.19. The summed E-state index contributed by atoms with van der Waals surface area (Å²) in [5.74, 6) is 1.90. The van der Waals surface area contributed by atoms with E-state index in [-0.39, 0.29) is 17.5 Å². The Morgan fingerprint density at radius 2 is 1.67 bits per heavy atom. The average molecular weight is 298 g/mol. The summed E-state index contributed by atoms with van der Waals surface area (Å²) >= 11 is 0. The number of halogens is 4. The molecule has 6 heteroatoms. The molecule has 0 aliphatic carbocycles. The van der Waals surface area contributed by atoms with Gasteiger partial charge in [0.05, 0.1) is 6.04 Å². The first kappa shape index (κ1) is 15.5. The fraction of sp³-hybridized carbons (Fsp3) is 0.200. The van der Waals surface area contributed by atoms with Crippen LogP contribution in [0.1, 0.15) is 22.7 Å². The summed E-state index contributed by atoms with van der Waals surface area (Å²) in [6, 6.07) is 4.85. The average Bonchev–Trinajstić information content (AvgIpc) is 2.46. The highest BCUT2D eigenvalue weighted by molar-refractivity contribution is 5.31. The summed E-state index contributed by atoms with van der Waals surface area (Å²) in [5, 5.41) is 0. The fourth-order valence-corrected chi connectivity index (χ4v) is 2.14. The zero-order valence-corrected chi connectivity index (χ0v) is 11.3. The minimum Gasteiger partial charge on any atom is -0.271 e. The van der Waals surface area contributed by atoms with E-state index in [1.165, 1.54) is 19.1 Å². The summed E-state index contributed by atoms with van der Waals surface area (Å²) in [5.41, 5.74) is 2.74. The maximum atomic E-state index is 14.1. The molecule has 0 radical (unpaired) electrons. The molecule has 3 N–H and O–H groups in total. The lowest BCUT2D eigenvalue weighted by molar-refractivity contribution is 0.467. The summed E-state index contributed by atoms with van der Waals surface area (Å²) in [4.78, 5) is 0. The first-order valence-electron chi connectivity index (χ1n) is 6.28. The Kier molecular flexibility index (Phi) is 4.59. The van der Waals surface area contributed by atoms with Crippen LogP contribution in [0, 0.1) is 30.2 Å². The second-order valence-electron chi connectivity index (χ2n) is 4.76. The normalized spacial score (nSPS) is 12.5. The zero-order chi connectivity index (χ0) is 15.6. The van der Waals surface area contributed by atoms with Gasteiger partial charge in [-0.05, 0) is 42.7 Å². The van der Waals surface area contributed by atoms with Crippen molar-refractivity contribution >= 4 is 0 Å². The van der Waals surface area contributed by atoms with E-state index in [4.69, 9.17) is 5.84 Å². The van der Waals surface area contributed by atoms with E-state index in [1.54, 1.807) is 0 Å². The van der Waals surface area contributed by atoms with Gasteiger partial charge in [-0.25, -0.2) is 17.6 Å². The Morgan fingerprint density at radius 1 is 1.00 bits per heavy atom. The van der Waals surface area contributed by atoms with Crippen LogP contribution in [0.5, 0.6) is 0 Å². The third-order valence-electron chi connectivity index (χ3n) is 3.29. The van der Waals surface area contributed by atoms with E-state index in [2.05, 4.69) is 5.43 Å². The SMILES string of the molecule is Cc1ccc(F)c(C(Cc2ccc(F)c(F)c2)NN)c1F. The smallest absolute Gasteiger partial charge is 0.159 e. The standard InChI is InChI=1S/C15H14F4N2/c1-8-2-4-11(17)14(15(8)19)13(21-20)7-9-3-5-10(16)12(18)6-9/h2-6,13,21H,7,20H2,1H3. The van der Waals surface area contributed by atoms with Gasteiger partial charge in [-0.15, -0.1) is 0 Å². The van der Waals surface area contributed by atoms with E-state index in [0.717, 1.165) is 18.2 Å². The van der Waals surface area contributed by atoms with Crippen molar-refractivity contribution in [2.24, 2.45) is 5.84 Å². The molecule has 1 atom stereocenters. The molecule has 0 aliphatic heterocycles. The van der Waals surface area contributed by atoms with E-state index in [9.17, 15) is 17.6 Å². The monoisotopic (exact) mass is 298 g/mol. The molecule has 1 unspecified atom stereocenters. The minimum atomic E-state index is -1.02. The van der Waals surface area contributed by atoms with Crippen LogP contribution in [-0.4, -0.2) is 0 Å². The van der Waals surface area contributed by atoms with Crippen LogP contribution in [0.3, 0.4) is 0 Å². The van der Waals surface area contributed by atoms with Crippen LogP contribution in [-0.2, 0) is 6.42 Å². The van der Waals surface area contributed by atoms with Crippen molar-refractivity contribution < 1.29 is 17.6 Å². The van der Waals surface area contributed by atoms with E-state index < -0.39 is 29.3 Å². The van der Waals surface area contributed by atoms with Gasteiger partial charge in [0.25, 0.3) is 0 Å². The van der Waals surface area contributed by atoms with Crippen LogP contribution >= 0.6 is 0 Å². The van der Waals surface area contributed by atoms with Crippen molar-refractivity contribution in [3.05, 3.63) is 70.3 Å². The van der Waals surface area contributed by atoms with Gasteiger partial charge in [0, 0.05) is 5.56 Å². The van der Waals surface area contributed by atoms with Crippen LogP contribution in [0.2, 0.25) is 0 Å². The van der Waals surface area contributed by atoms with Gasteiger partial charge in [0.2, 0.25) is 0 Å². The number of hydrazine groups is 1. The summed E-state index contributed by atoms with van der Waals surface area (Å²) in [7, 11) is 0. The number of hydrogen-bond donors (Lipinski definition) is 2. The maximum absolute atomic E-state index is 14.1. The fourth-order valence-electron chi connectivity index (χ4n) is 2.14. The Hall–Kier alpha value is -1.92. The highest BCUT2D eigenvalue weighted by atomic mass is 19.2.